The van der Waals surface area contributed by atoms with E-state index in [-0.39, 0.29) is 31.0 Å². The number of epoxide rings is 1. The fourth-order valence-corrected chi connectivity index (χ4v) is 7.16. The van der Waals surface area contributed by atoms with Gasteiger partial charge in [-0.15, -0.1) is 0 Å². The summed E-state index contributed by atoms with van der Waals surface area (Å²) in [5.74, 6) is -1.80. The number of fused-ring (bicyclic) bond motifs is 3. The zero-order chi connectivity index (χ0) is 23.6. The van der Waals surface area contributed by atoms with Gasteiger partial charge in [-0.3, -0.25) is 14.4 Å². The van der Waals surface area contributed by atoms with Crippen LogP contribution in [0.2, 0.25) is 0 Å². The number of carbonyl (C=O) groups is 3. The number of hydrogen-bond acceptors (Lipinski definition) is 9. The van der Waals surface area contributed by atoms with Gasteiger partial charge in [0.25, 0.3) is 0 Å². The molecule has 0 aromatic carbocycles. The second kappa shape index (κ2) is 7.56. The van der Waals surface area contributed by atoms with Crippen LogP contribution in [0, 0.1) is 22.7 Å². The maximum Gasteiger partial charge on any atom is 0.313 e. The van der Waals surface area contributed by atoms with Gasteiger partial charge in [0.05, 0.1) is 36.1 Å². The van der Waals surface area contributed by atoms with Crippen molar-refractivity contribution in [2.24, 2.45) is 22.7 Å². The van der Waals surface area contributed by atoms with Crippen molar-refractivity contribution < 1.29 is 42.9 Å². The quantitative estimate of drug-likeness (QED) is 0.408. The summed E-state index contributed by atoms with van der Waals surface area (Å²) in [5.41, 5.74) is -2.23. The molecule has 3 heterocycles. The first-order chi connectivity index (χ1) is 15.7. The highest BCUT2D eigenvalue weighted by atomic mass is 16.6. The average molecular weight is 462 g/mol. The van der Waals surface area contributed by atoms with Crippen molar-refractivity contribution in [3.63, 3.8) is 0 Å². The lowest BCUT2D eigenvalue weighted by Crippen LogP contribution is -2.71. The zero-order valence-corrected chi connectivity index (χ0v) is 19.1. The highest BCUT2D eigenvalue weighted by Gasteiger charge is 2.80. The SMILES string of the molecule is CC(=O)OC[C@@]12[C@H](CC[C@H](OC(C)=O)[C@]13CO3)[C@@]1(C[C@@H](c3ccoc3)OC1=O)[C@H](C)C[C@@H]2O. The summed E-state index contributed by atoms with van der Waals surface area (Å²) in [6.45, 7) is 4.75. The van der Waals surface area contributed by atoms with Crippen LogP contribution in [0.3, 0.4) is 0 Å². The molecule has 4 fully saturated rings. The van der Waals surface area contributed by atoms with Gasteiger partial charge in [0.1, 0.15) is 24.4 Å². The monoisotopic (exact) mass is 462 g/mol. The van der Waals surface area contributed by atoms with E-state index < -0.39 is 46.7 Å². The third kappa shape index (κ3) is 3.01. The molecular formula is C24H30O9. The van der Waals surface area contributed by atoms with Crippen LogP contribution in [0.25, 0.3) is 0 Å². The highest BCUT2D eigenvalue weighted by Crippen LogP contribution is 2.71. The average Bonchev–Trinajstić information content (AvgIpc) is 3.19. The molecule has 4 aliphatic rings. The van der Waals surface area contributed by atoms with E-state index in [1.807, 2.05) is 6.92 Å². The summed E-state index contributed by atoms with van der Waals surface area (Å²) in [4.78, 5) is 37.4. The largest absolute Gasteiger partial charge is 0.472 e. The molecular weight excluding hydrogens is 432 g/mol. The highest BCUT2D eigenvalue weighted by molar-refractivity contribution is 5.81. The van der Waals surface area contributed by atoms with Gasteiger partial charge in [-0.2, -0.15) is 0 Å². The number of aliphatic hydroxyl groups is 1. The molecule has 2 aliphatic heterocycles. The number of esters is 3. The fraction of sp³-hybridized carbons (Fsp3) is 0.708. The second-order valence-corrected chi connectivity index (χ2v) is 10.1. The Morgan fingerprint density at radius 3 is 2.61 bits per heavy atom. The van der Waals surface area contributed by atoms with Crippen molar-refractivity contribution in [2.75, 3.05) is 13.2 Å². The van der Waals surface area contributed by atoms with E-state index in [4.69, 9.17) is 23.4 Å². The summed E-state index contributed by atoms with van der Waals surface area (Å²) in [6.07, 6.45) is 2.88. The van der Waals surface area contributed by atoms with E-state index in [0.29, 0.717) is 25.7 Å². The molecule has 9 heteroatoms. The molecule has 2 saturated carbocycles. The summed E-state index contributed by atoms with van der Waals surface area (Å²) >= 11 is 0. The molecule has 0 amide bonds. The lowest BCUT2D eigenvalue weighted by molar-refractivity contribution is -0.241. The molecule has 0 bridgehead atoms. The molecule has 0 radical (unpaired) electrons. The fourth-order valence-electron chi connectivity index (χ4n) is 7.16. The molecule has 2 aliphatic carbocycles. The van der Waals surface area contributed by atoms with E-state index in [2.05, 4.69) is 0 Å². The molecule has 2 saturated heterocycles. The maximum absolute atomic E-state index is 13.6. The van der Waals surface area contributed by atoms with Gasteiger partial charge in [0.15, 0.2) is 0 Å². The minimum atomic E-state index is -1.10. The Bertz CT molecular complexity index is 951. The zero-order valence-electron chi connectivity index (χ0n) is 19.1. The van der Waals surface area contributed by atoms with Crippen molar-refractivity contribution in [1.29, 1.82) is 0 Å². The molecule has 1 N–H and O–H groups in total. The van der Waals surface area contributed by atoms with E-state index >= 15 is 0 Å². The number of hydrogen-bond donors (Lipinski definition) is 1. The summed E-state index contributed by atoms with van der Waals surface area (Å²) in [5, 5.41) is 11.6. The van der Waals surface area contributed by atoms with Crippen molar-refractivity contribution in [2.45, 2.75) is 70.4 Å². The van der Waals surface area contributed by atoms with Crippen LogP contribution in [0.15, 0.2) is 23.0 Å². The van der Waals surface area contributed by atoms with Crippen LogP contribution < -0.4 is 0 Å². The van der Waals surface area contributed by atoms with Gasteiger partial charge in [-0.1, -0.05) is 6.92 Å². The van der Waals surface area contributed by atoms with Gasteiger partial charge < -0.3 is 28.5 Å². The van der Waals surface area contributed by atoms with Crippen LogP contribution in [0.5, 0.6) is 0 Å². The number of rotatable bonds is 4. The molecule has 5 rings (SSSR count). The van der Waals surface area contributed by atoms with Gasteiger partial charge >= 0.3 is 17.9 Å². The normalized spacial score (nSPS) is 43.8. The van der Waals surface area contributed by atoms with Crippen LogP contribution in [0.1, 0.15) is 58.1 Å². The van der Waals surface area contributed by atoms with Crippen molar-refractivity contribution >= 4 is 17.9 Å². The summed E-state index contributed by atoms with van der Waals surface area (Å²) < 4.78 is 28.3. The molecule has 1 aromatic rings. The third-order valence-corrected chi connectivity index (χ3v) is 8.67. The van der Waals surface area contributed by atoms with Gasteiger partial charge in [0.2, 0.25) is 0 Å². The van der Waals surface area contributed by atoms with E-state index in [0.717, 1.165) is 5.56 Å². The van der Waals surface area contributed by atoms with Gasteiger partial charge in [-0.05, 0) is 37.2 Å². The van der Waals surface area contributed by atoms with Crippen LogP contribution >= 0.6 is 0 Å². The Hall–Kier alpha value is -2.39. The summed E-state index contributed by atoms with van der Waals surface area (Å²) in [6, 6.07) is 1.79. The Morgan fingerprint density at radius 1 is 1.24 bits per heavy atom. The van der Waals surface area contributed by atoms with E-state index in [9.17, 15) is 19.5 Å². The number of carbonyl (C=O) groups excluding carboxylic acids is 3. The van der Waals surface area contributed by atoms with Crippen molar-refractivity contribution in [1.82, 2.24) is 0 Å². The minimum Gasteiger partial charge on any atom is -0.472 e. The lowest BCUT2D eigenvalue weighted by atomic mass is 9.42. The lowest BCUT2D eigenvalue weighted by Gasteiger charge is -2.61. The molecule has 9 nitrogen and oxygen atoms in total. The topological polar surface area (TPSA) is 125 Å². The van der Waals surface area contributed by atoms with Gasteiger partial charge in [-0.25, -0.2) is 0 Å². The predicted octanol–water partition coefficient (Wildman–Crippen LogP) is 2.31. The first-order valence-corrected chi connectivity index (χ1v) is 11.5. The van der Waals surface area contributed by atoms with E-state index in [1.165, 1.54) is 13.8 Å². The maximum atomic E-state index is 13.6. The first kappa shape index (κ1) is 22.4. The van der Waals surface area contributed by atoms with Crippen LogP contribution in [0.4, 0.5) is 0 Å². The van der Waals surface area contributed by atoms with Crippen molar-refractivity contribution in [3.8, 4) is 0 Å². The number of furan rings is 1. The smallest absolute Gasteiger partial charge is 0.313 e. The Balaban J connectivity index is 1.61. The van der Waals surface area contributed by atoms with Gasteiger partial charge in [0, 0.05) is 25.8 Å². The Labute approximate surface area is 191 Å². The standard InChI is InChI=1S/C24H30O9/c1-13-8-19(27)23(11-30-14(2)25)18(4-5-20(32-15(3)26)24(23)12-31-24)22(13)9-17(33-21(22)28)16-6-7-29-10-16/h6-7,10,13,17-20,27H,4-5,8-9,11-12H2,1-3H3/t13-,17+,18-,19+,20+,22-,23+,24-/m1/s1. The number of aliphatic hydroxyl groups excluding tert-OH is 1. The molecule has 33 heavy (non-hydrogen) atoms. The second-order valence-electron chi connectivity index (χ2n) is 10.1. The van der Waals surface area contributed by atoms with Crippen molar-refractivity contribution in [3.05, 3.63) is 24.2 Å². The number of ether oxygens (including phenoxy) is 4. The molecule has 8 atom stereocenters. The molecule has 180 valence electrons. The molecule has 1 aromatic heterocycles. The molecule has 2 spiro atoms. The molecule has 0 unspecified atom stereocenters. The predicted molar refractivity (Wildman–Crippen MR) is 110 cm³/mol. The minimum absolute atomic E-state index is 0.121. The Kier molecular flexibility index (Phi) is 5.13. The van der Waals surface area contributed by atoms with E-state index in [1.54, 1.807) is 18.6 Å². The summed E-state index contributed by atoms with van der Waals surface area (Å²) in [7, 11) is 0. The number of cyclic esters (lactones) is 1. The van der Waals surface area contributed by atoms with Crippen LogP contribution in [-0.2, 0) is 33.3 Å². The first-order valence-electron chi connectivity index (χ1n) is 11.5. The Morgan fingerprint density at radius 2 is 2.00 bits per heavy atom. The third-order valence-electron chi connectivity index (χ3n) is 8.67. The van der Waals surface area contributed by atoms with Crippen LogP contribution in [-0.4, -0.2) is 54.0 Å².